The third-order valence-corrected chi connectivity index (χ3v) is 4.91. The number of rotatable bonds is 5. The molecule has 1 saturated heterocycles. The zero-order valence-corrected chi connectivity index (χ0v) is 15.0. The smallest absolute Gasteiger partial charge is 0.271 e. The summed E-state index contributed by atoms with van der Waals surface area (Å²) in [7, 11) is 1.85. The highest BCUT2D eigenvalue weighted by atomic mass is 16.1. The predicted molar refractivity (Wildman–Crippen MR) is 102 cm³/mol. The molecule has 0 bridgehead atoms. The molecule has 134 valence electrons. The standard InChI is InChI=1S/C20H23N5O/c1-24-19(16-12-15-6-2-3-7-17(15)22-14-16)13-18(23-24)20(26)21-8-11-25-9-4-5-10-25/h2-3,6-7,12-14H,4-5,8-11H2,1H3,(H,21,26). The first-order valence-electron chi connectivity index (χ1n) is 9.10. The first-order chi connectivity index (χ1) is 12.7. The highest BCUT2D eigenvalue weighted by Gasteiger charge is 2.15. The second kappa shape index (κ2) is 7.25. The summed E-state index contributed by atoms with van der Waals surface area (Å²) in [6.45, 7) is 3.83. The van der Waals surface area contributed by atoms with Gasteiger partial charge in [-0.15, -0.1) is 0 Å². The summed E-state index contributed by atoms with van der Waals surface area (Å²) in [6.07, 6.45) is 4.35. The van der Waals surface area contributed by atoms with Crippen molar-refractivity contribution in [3.63, 3.8) is 0 Å². The van der Waals surface area contributed by atoms with Crippen LogP contribution in [0.25, 0.3) is 22.2 Å². The summed E-state index contributed by atoms with van der Waals surface area (Å²) in [5, 5.41) is 8.43. The van der Waals surface area contributed by atoms with E-state index < -0.39 is 0 Å². The number of hydrogen-bond donors (Lipinski definition) is 1. The normalized spacial score (nSPS) is 14.8. The fraction of sp³-hybridized carbons (Fsp3) is 0.350. The summed E-state index contributed by atoms with van der Waals surface area (Å²) in [5.41, 5.74) is 3.23. The minimum Gasteiger partial charge on any atom is -0.349 e. The molecular formula is C20H23N5O. The van der Waals surface area contributed by atoms with Crippen molar-refractivity contribution in [2.75, 3.05) is 26.2 Å². The molecule has 0 aliphatic carbocycles. The predicted octanol–water partition coefficient (Wildman–Crippen LogP) is 2.46. The third-order valence-electron chi connectivity index (χ3n) is 4.91. The van der Waals surface area contributed by atoms with Crippen molar-refractivity contribution in [1.29, 1.82) is 0 Å². The molecule has 3 heterocycles. The van der Waals surface area contributed by atoms with Crippen molar-refractivity contribution >= 4 is 16.8 Å². The lowest BCUT2D eigenvalue weighted by atomic mass is 10.1. The number of carbonyl (C=O) groups excluding carboxylic acids is 1. The van der Waals surface area contributed by atoms with Crippen molar-refractivity contribution in [2.45, 2.75) is 12.8 Å². The molecule has 2 aromatic heterocycles. The largest absolute Gasteiger partial charge is 0.349 e. The molecule has 1 fully saturated rings. The highest BCUT2D eigenvalue weighted by molar-refractivity contribution is 5.93. The van der Waals surface area contributed by atoms with Crippen molar-refractivity contribution in [2.24, 2.45) is 7.05 Å². The van der Waals surface area contributed by atoms with E-state index >= 15 is 0 Å². The fourth-order valence-corrected chi connectivity index (χ4v) is 3.48. The number of benzene rings is 1. The second-order valence-corrected chi connectivity index (χ2v) is 6.76. The molecule has 1 aromatic carbocycles. The third kappa shape index (κ3) is 3.46. The van der Waals surface area contributed by atoms with Gasteiger partial charge in [-0.3, -0.25) is 14.5 Å². The van der Waals surface area contributed by atoms with Gasteiger partial charge in [0.1, 0.15) is 0 Å². The van der Waals surface area contributed by atoms with Gasteiger partial charge in [-0.25, -0.2) is 0 Å². The Morgan fingerprint density at radius 2 is 2.00 bits per heavy atom. The first-order valence-corrected chi connectivity index (χ1v) is 9.10. The lowest BCUT2D eigenvalue weighted by Gasteiger charge is -2.14. The molecule has 1 aliphatic rings. The molecule has 26 heavy (non-hydrogen) atoms. The van der Waals surface area contributed by atoms with Gasteiger partial charge in [-0.2, -0.15) is 5.10 Å². The number of aryl methyl sites for hydroxylation is 1. The number of carbonyl (C=O) groups is 1. The molecular weight excluding hydrogens is 326 g/mol. The number of fused-ring (bicyclic) bond motifs is 1. The molecule has 0 saturated carbocycles. The van der Waals surface area contributed by atoms with Gasteiger partial charge in [0.2, 0.25) is 0 Å². The summed E-state index contributed by atoms with van der Waals surface area (Å²) < 4.78 is 1.74. The van der Waals surface area contributed by atoms with E-state index in [4.69, 9.17) is 0 Å². The molecule has 6 heteroatoms. The molecule has 0 unspecified atom stereocenters. The van der Waals surface area contributed by atoms with E-state index in [0.29, 0.717) is 12.2 Å². The Balaban J connectivity index is 1.48. The number of pyridine rings is 1. The molecule has 0 spiro atoms. The highest BCUT2D eigenvalue weighted by Crippen LogP contribution is 2.23. The Kier molecular flexibility index (Phi) is 4.67. The van der Waals surface area contributed by atoms with Crippen LogP contribution in [0.2, 0.25) is 0 Å². The van der Waals surface area contributed by atoms with Crippen LogP contribution in [-0.4, -0.2) is 51.8 Å². The number of nitrogens with one attached hydrogen (secondary N) is 1. The Bertz CT molecular complexity index is 927. The first kappa shape index (κ1) is 16.7. The van der Waals surface area contributed by atoms with E-state index in [-0.39, 0.29) is 5.91 Å². The minimum absolute atomic E-state index is 0.125. The van der Waals surface area contributed by atoms with E-state index in [1.807, 2.05) is 43.6 Å². The van der Waals surface area contributed by atoms with E-state index in [1.165, 1.54) is 12.8 Å². The van der Waals surface area contributed by atoms with Crippen molar-refractivity contribution in [3.05, 3.63) is 48.3 Å². The number of nitrogens with zero attached hydrogens (tertiary/aromatic N) is 4. The monoisotopic (exact) mass is 349 g/mol. The van der Waals surface area contributed by atoms with Crippen LogP contribution in [0.3, 0.4) is 0 Å². The van der Waals surface area contributed by atoms with E-state index in [0.717, 1.165) is 41.8 Å². The number of likely N-dealkylation sites (tertiary alicyclic amines) is 1. The zero-order chi connectivity index (χ0) is 17.9. The van der Waals surface area contributed by atoms with E-state index in [1.54, 1.807) is 4.68 Å². The Labute approximate surface area is 152 Å². The van der Waals surface area contributed by atoms with E-state index in [2.05, 4.69) is 26.4 Å². The summed E-state index contributed by atoms with van der Waals surface area (Å²) in [5.74, 6) is -0.125. The number of para-hydroxylation sites is 1. The molecule has 6 nitrogen and oxygen atoms in total. The van der Waals surface area contributed by atoms with Gasteiger partial charge >= 0.3 is 0 Å². The SMILES string of the molecule is Cn1nc(C(=O)NCCN2CCCC2)cc1-c1cnc2ccccc2c1. The number of amides is 1. The molecule has 0 atom stereocenters. The Morgan fingerprint density at radius 3 is 2.85 bits per heavy atom. The van der Waals surface area contributed by atoms with Gasteiger partial charge in [0.05, 0.1) is 11.2 Å². The van der Waals surface area contributed by atoms with Crippen molar-refractivity contribution in [3.8, 4) is 11.3 Å². The van der Waals surface area contributed by atoms with Crippen LogP contribution in [0, 0.1) is 0 Å². The van der Waals surface area contributed by atoms with Crippen LogP contribution in [0.4, 0.5) is 0 Å². The maximum Gasteiger partial charge on any atom is 0.271 e. The number of aromatic nitrogens is 3. The number of hydrogen-bond acceptors (Lipinski definition) is 4. The van der Waals surface area contributed by atoms with E-state index in [9.17, 15) is 4.79 Å². The van der Waals surface area contributed by atoms with Gasteiger partial charge in [-0.05, 0) is 44.1 Å². The molecule has 4 rings (SSSR count). The van der Waals surface area contributed by atoms with Crippen LogP contribution >= 0.6 is 0 Å². The zero-order valence-electron chi connectivity index (χ0n) is 15.0. The van der Waals surface area contributed by atoms with Crippen LogP contribution < -0.4 is 5.32 Å². The maximum atomic E-state index is 12.4. The molecule has 1 amide bonds. The topological polar surface area (TPSA) is 63.1 Å². The summed E-state index contributed by atoms with van der Waals surface area (Å²) in [4.78, 5) is 19.3. The lowest BCUT2D eigenvalue weighted by molar-refractivity contribution is 0.0944. The average molecular weight is 349 g/mol. The Hall–Kier alpha value is -2.73. The Morgan fingerprint density at radius 1 is 1.19 bits per heavy atom. The van der Waals surface area contributed by atoms with Gasteiger partial charge < -0.3 is 10.2 Å². The average Bonchev–Trinajstić information content (AvgIpc) is 3.31. The maximum absolute atomic E-state index is 12.4. The quantitative estimate of drug-likeness (QED) is 0.769. The summed E-state index contributed by atoms with van der Waals surface area (Å²) >= 11 is 0. The molecule has 0 radical (unpaired) electrons. The fourth-order valence-electron chi connectivity index (χ4n) is 3.48. The summed E-state index contributed by atoms with van der Waals surface area (Å²) in [6, 6.07) is 11.9. The van der Waals surface area contributed by atoms with Crippen LogP contribution in [0.15, 0.2) is 42.6 Å². The molecule has 3 aromatic rings. The second-order valence-electron chi connectivity index (χ2n) is 6.76. The van der Waals surface area contributed by atoms with Crippen molar-refractivity contribution in [1.82, 2.24) is 25.0 Å². The van der Waals surface area contributed by atoms with Crippen molar-refractivity contribution < 1.29 is 4.79 Å². The van der Waals surface area contributed by atoms with Gasteiger partial charge in [-0.1, -0.05) is 18.2 Å². The minimum atomic E-state index is -0.125. The van der Waals surface area contributed by atoms with Gasteiger partial charge in [0.25, 0.3) is 5.91 Å². The van der Waals surface area contributed by atoms with Crippen LogP contribution in [-0.2, 0) is 7.05 Å². The van der Waals surface area contributed by atoms with Crippen LogP contribution in [0.1, 0.15) is 23.3 Å². The van der Waals surface area contributed by atoms with Crippen LogP contribution in [0.5, 0.6) is 0 Å². The van der Waals surface area contributed by atoms with Gasteiger partial charge in [0.15, 0.2) is 5.69 Å². The molecule has 1 aliphatic heterocycles. The molecule has 1 N–H and O–H groups in total. The van der Waals surface area contributed by atoms with Gasteiger partial charge in [0, 0.05) is 37.3 Å². The lowest BCUT2D eigenvalue weighted by Crippen LogP contribution is -2.33.